The third-order valence-electron chi connectivity index (χ3n) is 3.23. The van der Waals surface area contributed by atoms with E-state index in [0.29, 0.717) is 10.2 Å². The van der Waals surface area contributed by atoms with Crippen LogP contribution in [0.4, 0.5) is 15.8 Å². The Morgan fingerprint density at radius 3 is 2.33 bits per heavy atom. The first kappa shape index (κ1) is 18.4. The van der Waals surface area contributed by atoms with Gasteiger partial charge in [-0.1, -0.05) is 15.9 Å². The van der Waals surface area contributed by atoms with Gasteiger partial charge in [-0.15, -0.1) is 0 Å². The molecule has 0 bridgehead atoms. The number of nitrogens with zero attached hydrogens (tertiary/aromatic N) is 1. The van der Waals surface area contributed by atoms with E-state index < -0.39 is 15.8 Å². The predicted molar refractivity (Wildman–Crippen MR) is 95.1 cm³/mol. The number of amides is 1. The summed E-state index contributed by atoms with van der Waals surface area (Å²) in [6, 6.07) is 9.93. The molecule has 0 aliphatic rings. The van der Waals surface area contributed by atoms with E-state index in [0.717, 1.165) is 4.31 Å². The summed E-state index contributed by atoms with van der Waals surface area (Å²) in [6.07, 6.45) is 0. The molecule has 0 saturated carbocycles. The third kappa shape index (κ3) is 3.93. The molecule has 0 spiro atoms. The first-order chi connectivity index (χ1) is 11.3. The average molecular weight is 415 g/mol. The molecule has 0 unspecified atom stereocenters. The second-order valence-corrected chi connectivity index (χ2v) is 7.75. The van der Waals surface area contributed by atoms with Gasteiger partial charge in [0, 0.05) is 23.6 Å². The van der Waals surface area contributed by atoms with Gasteiger partial charge in [-0.25, -0.2) is 12.8 Å². The number of sulfonamides is 1. The summed E-state index contributed by atoms with van der Waals surface area (Å²) in [5.41, 5.74) is 0.464. The lowest BCUT2D eigenvalue weighted by molar-refractivity contribution is -0.114. The Labute approximate surface area is 148 Å². The maximum atomic E-state index is 14.2. The highest BCUT2D eigenvalue weighted by Gasteiger charge is 2.25. The van der Waals surface area contributed by atoms with E-state index in [9.17, 15) is 17.6 Å². The Morgan fingerprint density at radius 2 is 1.83 bits per heavy atom. The molecule has 2 aromatic rings. The van der Waals surface area contributed by atoms with E-state index in [4.69, 9.17) is 0 Å². The van der Waals surface area contributed by atoms with Gasteiger partial charge in [-0.2, -0.15) is 0 Å². The van der Waals surface area contributed by atoms with Crippen LogP contribution in [0, 0.1) is 5.82 Å². The largest absolute Gasteiger partial charge is 0.326 e. The first-order valence-electron chi connectivity index (χ1n) is 7.11. The molecule has 0 atom stereocenters. The summed E-state index contributed by atoms with van der Waals surface area (Å²) >= 11 is 3.15. The summed E-state index contributed by atoms with van der Waals surface area (Å²) in [7, 11) is -3.92. The fourth-order valence-corrected chi connectivity index (χ4v) is 4.01. The molecular weight excluding hydrogens is 399 g/mol. The van der Waals surface area contributed by atoms with Crippen LogP contribution >= 0.6 is 15.9 Å². The van der Waals surface area contributed by atoms with Gasteiger partial charge in [-0.05, 0) is 49.4 Å². The third-order valence-corrected chi connectivity index (χ3v) is 5.62. The molecular formula is C16H16BrFN2O3S. The standard InChI is InChI=1S/C16H16BrFN2O3S/c1-3-20(16-9-4-12(17)10-15(16)18)24(22,23)14-7-5-13(6-8-14)19-11(2)21/h4-10H,3H2,1-2H3,(H,19,21). The minimum Gasteiger partial charge on any atom is -0.326 e. The molecule has 0 fully saturated rings. The number of carbonyl (C=O) groups is 1. The van der Waals surface area contributed by atoms with Crippen LogP contribution in [-0.4, -0.2) is 20.9 Å². The van der Waals surface area contributed by atoms with Crippen molar-refractivity contribution in [3.8, 4) is 0 Å². The van der Waals surface area contributed by atoms with Gasteiger partial charge in [0.15, 0.2) is 0 Å². The molecule has 0 aliphatic carbocycles. The van der Waals surface area contributed by atoms with Gasteiger partial charge < -0.3 is 5.32 Å². The lowest BCUT2D eigenvalue weighted by Gasteiger charge is -2.23. The number of carbonyl (C=O) groups excluding carboxylic acids is 1. The van der Waals surface area contributed by atoms with E-state index >= 15 is 0 Å². The molecule has 0 aromatic heterocycles. The highest BCUT2D eigenvalue weighted by Crippen LogP contribution is 2.28. The predicted octanol–water partition coefficient (Wildman–Crippen LogP) is 3.76. The lowest BCUT2D eigenvalue weighted by atomic mass is 10.3. The molecule has 0 aliphatic heterocycles. The number of anilines is 2. The zero-order valence-electron chi connectivity index (χ0n) is 13.1. The molecule has 0 heterocycles. The summed E-state index contributed by atoms with van der Waals surface area (Å²) in [4.78, 5) is 11.0. The van der Waals surface area contributed by atoms with Crippen LogP contribution in [0.5, 0.6) is 0 Å². The fraction of sp³-hybridized carbons (Fsp3) is 0.188. The SMILES string of the molecule is CCN(c1ccc(Br)cc1F)S(=O)(=O)c1ccc(NC(C)=O)cc1. The molecule has 8 heteroatoms. The Hall–Kier alpha value is -1.93. The molecule has 5 nitrogen and oxygen atoms in total. The molecule has 1 N–H and O–H groups in total. The average Bonchev–Trinajstić information content (AvgIpc) is 2.50. The van der Waals surface area contributed by atoms with E-state index in [1.54, 1.807) is 13.0 Å². The highest BCUT2D eigenvalue weighted by molar-refractivity contribution is 9.10. The molecule has 24 heavy (non-hydrogen) atoms. The van der Waals surface area contributed by atoms with Gasteiger partial charge >= 0.3 is 0 Å². The van der Waals surface area contributed by atoms with Crippen molar-refractivity contribution in [3.63, 3.8) is 0 Å². The number of hydrogen-bond acceptors (Lipinski definition) is 3. The number of halogens is 2. The van der Waals surface area contributed by atoms with Gasteiger partial charge in [-0.3, -0.25) is 9.10 Å². The van der Waals surface area contributed by atoms with Gasteiger partial charge in [0.1, 0.15) is 5.82 Å². The van der Waals surface area contributed by atoms with Crippen LogP contribution in [0.2, 0.25) is 0 Å². The second kappa shape index (κ2) is 7.31. The van der Waals surface area contributed by atoms with Crippen LogP contribution < -0.4 is 9.62 Å². The van der Waals surface area contributed by atoms with E-state index in [1.165, 1.54) is 43.3 Å². The summed E-state index contributed by atoms with van der Waals surface area (Å²) < 4.78 is 41.3. The summed E-state index contributed by atoms with van der Waals surface area (Å²) in [6.45, 7) is 3.07. The van der Waals surface area contributed by atoms with Crippen molar-refractivity contribution in [2.75, 3.05) is 16.2 Å². The minimum atomic E-state index is -3.92. The van der Waals surface area contributed by atoms with Crippen LogP contribution in [0.15, 0.2) is 51.8 Å². The molecule has 1 amide bonds. The van der Waals surface area contributed by atoms with Gasteiger partial charge in [0.05, 0.1) is 10.6 Å². The number of hydrogen-bond donors (Lipinski definition) is 1. The van der Waals surface area contributed by atoms with Crippen molar-refractivity contribution in [2.24, 2.45) is 0 Å². The summed E-state index contributed by atoms with van der Waals surface area (Å²) in [5.74, 6) is -0.887. The first-order valence-corrected chi connectivity index (χ1v) is 9.34. The van der Waals surface area contributed by atoms with E-state index in [2.05, 4.69) is 21.2 Å². The summed E-state index contributed by atoms with van der Waals surface area (Å²) in [5, 5.41) is 2.56. The van der Waals surface area contributed by atoms with Crippen molar-refractivity contribution in [1.29, 1.82) is 0 Å². The number of benzene rings is 2. The quantitative estimate of drug-likeness (QED) is 0.809. The lowest BCUT2D eigenvalue weighted by Crippen LogP contribution is -2.31. The number of rotatable bonds is 5. The Bertz CT molecular complexity index is 854. The van der Waals surface area contributed by atoms with Crippen LogP contribution in [0.25, 0.3) is 0 Å². The highest BCUT2D eigenvalue weighted by atomic mass is 79.9. The van der Waals surface area contributed by atoms with Gasteiger partial charge in [0.25, 0.3) is 10.0 Å². The zero-order valence-corrected chi connectivity index (χ0v) is 15.5. The van der Waals surface area contributed by atoms with Crippen LogP contribution in [0.1, 0.15) is 13.8 Å². The van der Waals surface area contributed by atoms with Crippen molar-refractivity contribution in [2.45, 2.75) is 18.7 Å². The monoisotopic (exact) mass is 414 g/mol. The second-order valence-electron chi connectivity index (χ2n) is 4.97. The van der Waals surface area contributed by atoms with Crippen LogP contribution in [0.3, 0.4) is 0 Å². The molecule has 128 valence electrons. The number of nitrogens with one attached hydrogen (secondary N) is 1. The van der Waals surface area contributed by atoms with Crippen molar-refractivity contribution >= 4 is 43.2 Å². The molecule has 2 aromatic carbocycles. The normalized spacial score (nSPS) is 11.2. The Kier molecular flexibility index (Phi) is 5.61. The Balaban J connectivity index is 2.41. The maximum Gasteiger partial charge on any atom is 0.264 e. The van der Waals surface area contributed by atoms with Gasteiger partial charge in [0.2, 0.25) is 5.91 Å². The molecule has 0 radical (unpaired) electrons. The van der Waals surface area contributed by atoms with E-state index in [-0.39, 0.29) is 23.0 Å². The van der Waals surface area contributed by atoms with Crippen molar-refractivity contribution < 1.29 is 17.6 Å². The van der Waals surface area contributed by atoms with E-state index in [1.807, 2.05) is 0 Å². The Morgan fingerprint density at radius 1 is 1.21 bits per heavy atom. The molecule has 0 saturated heterocycles. The topological polar surface area (TPSA) is 66.5 Å². The molecule has 2 rings (SSSR count). The van der Waals surface area contributed by atoms with Crippen molar-refractivity contribution in [3.05, 3.63) is 52.8 Å². The van der Waals surface area contributed by atoms with Crippen molar-refractivity contribution in [1.82, 2.24) is 0 Å². The van der Waals surface area contributed by atoms with Crippen LogP contribution in [-0.2, 0) is 14.8 Å². The minimum absolute atomic E-state index is 0.0146. The maximum absolute atomic E-state index is 14.2. The zero-order chi connectivity index (χ0) is 17.9. The fourth-order valence-electron chi connectivity index (χ4n) is 2.19. The smallest absolute Gasteiger partial charge is 0.264 e.